The first-order valence-corrected chi connectivity index (χ1v) is 9.65. The summed E-state index contributed by atoms with van der Waals surface area (Å²) in [4.78, 5) is 16.3. The Balaban J connectivity index is 1.60. The Labute approximate surface area is 147 Å². The number of halogens is 1. The third-order valence-electron chi connectivity index (χ3n) is 2.54. The highest BCUT2D eigenvalue weighted by Crippen LogP contribution is 2.27. The van der Waals surface area contributed by atoms with E-state index in [0.717, 1.165) is 20.1 Å². The second-order valence-corrected chi connectivity index (χ2v) is 7.92. The zero-order valence-corrected chi connectivity index (χ0v) is 15.1. The van der Waals surface area contributed by atoms with Gasteiger partial charge in [-0.25, -0.2) is 4.98 Å². The Morgan fingerprint density at radius 3 is 3.05 bits per heavy atom. The Hall–Kier alpha value is -1.29. The minimum atomic E-state index is -0.102. The van der Waals surface area contributed by atoms with Crippen LogP contribution in [0.5, 0.6) is 0 Å². The lowest BCUT2D eigenvalue weighted by molar-refractivity contribution is -0.113. The topological polar surface area (TPSA) is 67.8 Å². The molecule has 0 aliphatic heterocycles. The summed E-state index contributed by atoms with van der Waals surface area (Å²) in [5.74, 6) is 0.191. The molecule has 0 saturated heterocycles. The number of nitrogens with one attached hydrogen (secondary N) is 1. The van der Waals surface area contributed by atoms with Crippen molar-refractivity contribution in [3.8, 4) is 11.3 Å². The second kappa shape index (κ2) is 7.32. The van der Waals surface area contributed by atoms with Crippen molar-refractivity contribution in [1.29, 1.82) is 0 Å². The van der Waals surface area contributed by atoms with Crippen LogP contribution in [0.1, 0.15) is 0 Å². The van der Waals surface area contributed by atoms with Crippen molar-refractivity contribution in [2.24, 2.45) is 0 Å². The number of hydrogen-bond donors (Lipinski definition) is 1. The highest BCUT2D eigenvalue weighted by Gasteiger charge is 2.09. The van der Waals surface area contributed by atoms with Gasteiger partial charge in [0.1, 0.15) is 5.51 Å². The van der Waals surface area contributed by atoms with Gasteiger partial charge in [-0.2, -0.15) is 0 Å². The van der Waals surface area contributed by atoms with Crippen LogP contribution in [0.2, 0.25) is 0 Å². The third kappa shape index (κ3) is 4.13. The molecule has 1 aromatic carbocycles. The summed E-state index contributed by atoms with van der Waals surface area (Å²) < 4.78 is 1.78. The van der Waals surface area contributed by atoms with Crippen molar-refractivity contribution in [3.63, 3.8) is 0 Å². The molecule has 5 nitrogen and oxygen atoms in total. The molecule has 0 spiro atoms. The van der Waals surface area contributed by atoms with Gasteiger partial charge in [-0.1, -0.05) is 51.2 Å². The lowest BCUT2D eigenvalue weighted by Gasteiger charge is -2.00. The van der Waals surface area contributed by atoms with Crippen molar-refractivity contribution in [3.05, 3.63) is 39.6 Å². The molecule has 0 unspecified atom stereocenters. The summed E-state index contributed by atoms with van der Waals surface area (Å²) in [6.45, 7) is 0. The summed E-state index contributed by atoms with van der Waals surface area (Å²) in [6.07, 6.45) is 0. The number of benzene rings is 1. The number of anilines is 1. The fourth-order valence-electron chi connectivity index (χ4n) is 1.62. The molecule has 0 saturated carbocycles. The molecule has 0 radical (unpaired) electrons. The van der Waals surface area contributed by atoms with Crippen LogP contribution in [0.3, 0.4) is 0 Å². The quantitative estimate of drug-likeness (QED) is 0.637. The van der Waals surface area contributed by atoms with Gasteiger partial charge in [0, 0.05) is 15.4 Å². The van der Waals surface area contributed by atoms with Crippen molar-refractivity contribution < 1.29 is 4.79 Å². The molecular weight excluding hydrogens is 404 g/mol. The average Bonchev–Trinajstić information content (AvgIpc) is 3.16. The molecule has 3 aromatic rings. The van der Waals surface area contributed by atoms with Crippen LogP contribution in [-0.2, 0) is 4.79 Å². The van der Waals surface area contributed by atoms with Crippen molar-refractivity contribution in [2.75, 3.05) is 11.1 Å². The molecule has 22 heavy (non-hydrogen) atoms. The first kappa shape index (κ1) is 15.6. The van der Waals surface area contributed by atoms with Crippen LogP contribution < -0.4 is 5.32 Å². The molecule has 3 rings (SSSR count). The number of amides is 1. The summed E-state index contributed by atoms with van der Waals surface area (Å²) in [5.41, 5.74) is 3.50. The van der Waals surface area contributed by atoms with Crippen molar-refractivity contribution >= 4 is 61.4 Å². The molecule has 9 heteroatoms. The summed E-state index contributed by atoms with van der Waals surface area (Å²) in [6, 6.07) is 7.89. The zero-order valence-electron chi connectivity index (χ0n) is 11.0. The minimum Gasteiger partial charge on any atom is -0.301 e. The standard InChI is InChI=1S/C13H9BrN4OS3/c14-9-3-1-2-8(4-9)10-5-20-12(16-10)17-11(19)6-21-13-18-15-7-22-13/h1-5,7H,6H2,(H,16,17,19). The van der Waals surface area contributed by atoms with Crippen LogP contribution in [-0.4, -0.2) is 26.8 Å². The van der Waals surface area contributed by atoms with Crippen LogP contribution in [0, 0.1) is 0 Å². The van der Waals surface area contributed by atoms with Crippen LogP contribution >= 0.6 is 50.4 Å². The van der Waals surface area contributed by atoms with E-state index in [1.54, 1.807) is 5.51 Å². The van der Waals surface area contributed by atoms with Gasteiger partial charge in [-0.15, -0.1) is 21.5 Å². The Morgan fingerprint density at radius 1 is 1.36 bits per heavy atom. The summed E-state index contributed by atoms with van der Waals surface area (Å²) in [7, 11) is 0. The predicted molar refractivity (Wildman–Crippen MR) is 94.5 cm³/mol. The van der Waals surface area contributed by atoms with Crippen LogP contribution in [0.4, 0.5) is 5.13 Å². The molecule has 112 valence electrons. The van der Waals surface area contributed by atoms with Gasteiger partial charge in [-0.3, -0.25) is 4.79 Å². The van der Waals surface area contributed by atoms with Crippen molar-refractivity contribution in [2.45, 2.75) is 4.34 Å². The zero-order chi connectivity index (χ0) is 15.4. The maximum Gasteiger partial charge on any atom is 0.236 e. The molecule has 2 heterocycles. The highest BCUT2D eigenvalue weighted by molar-refractivity contribution is 9.10. The normalized spacial score (nSPS) is 10.6. The molecule has 0 bridgehead atoms. The van der Waals surface area contributed by atoms with Gasteiger partial charge in [0.05, 0.1) is 11.4 Å². The van der Waals surface area contributed by atoms with E-state index in [-0.39, 0.29) is 5.91 Å². The maximum atomic E-state index is 11.9. The highest BCUT2D eigenvalue weighted by atomic mass is 79.9. The molecular formula is C13H9BrN4OS3. The Bertz CT molecular complexity index is 775. The van der Waals surface area contributed by atoms with Gasteiger partial charge >= 0.3 is 0 Å². The monoisotopic (exact) mass is 412 g/mol. The van der Waals surface area contributed by atoms with Crippen molar-refractivity contribution in [1.82, 2.24) is 15.2 Å². The first-order valence-electron chi connectivity index (χ1n) is 6.11. The molecule has 0 aliphatic carbocycles. The maximum absolute atomic E-state index is 11.9. The lowest BCUT2D eigenvalue weighted by Crippen LogP contribution is -2.13. The van der Waals surface area contributed by atoms with E-state index in [4.69, 9.17) is 0 Å². The first-order chi connectivity index (χ1) is 10.7. The summed E-state index contributed by atoms with van der Waals surface area (Å²) in [5, 5.41) is 12.9. The molecule has 1 N–H and O–H groups in total. The smallest absolute Gasteiger partial charge is 0.236 e. The average molecular weight is 413 g/mol. The molecule has 2 aromatic heterocycles. The number of hydrogen-bond acceptors (Lipinski definition) is 7. The molecule has 0 atom stereocenters. The van der Waals surface area contributed by atoms with E-state index in [1.807, 2.05) is 29.6 Å². The van der Waals surface area contributed by atoms with E-state index in [2.05, 4.69) is 36.4 Å². The van der Waals surface area contributed by atoms with Gasteiger partial charge in [0.25, 0.3) is 0 Å². The Kier molecular flexibility index (Phi) is 5.19. The Morgan fingerprint density at radius 2 is 2.27 bits per heavy atom. The second-order valence-electron chi connectivity index (χ2n) is 4.09. The number of carbonyl (C=O) groups excluding carboxylic acids is 1. The van der Waals surface area contributed by atoms with Gasteiger partial charge in [0.2, 0.25) is 5.91 Å². The number of rotatable bonds is 5. The van der Waals surface area contributed by atoms with E-state index in [0.29, 0.717) is 10.9 Å². The minimum absolute atomic E-state index is 0.102. The van der Waals surface area contributed by atoms with Gasteiger partial charge in [-0.05, 0) is 12.1 Å². The van der Waals surface area contributed by atoms with E-state index in [9.17, 15) is 4.79 Å². The van der Waals surface area contributed by atoms with E-state index in [1.165, 1.54) is 34.4 Å². The third-order valence-corrected chi connectivity index (χ3v) is 5.65. The fourth-order valence-corrected chi connectivity index (χ4v) is 4.04. The number of thioether (sulfide) groups is 1. The van der Waals surface area contributed by atoms with Gasteiger partial charge in [0.15, 0.2) is 9.47 Å². The number of aromatic nitrogens is 3. The number of thiazole rings is 1. The lowest BCUT2D eigenvalue weighted by atomic mass is 10.2. The molecule has 0 fully saturated rings. The SMILES string of the molecule is O=C(CSc1nncs1)Nc1nc(-c2cccc(Br)c2)cs1. The summed E-state index contributed by atoms with van der Waals surface area (Å²) >= 11 is 7.63. The number of carbonyl (C=O) groups is 1. The molecule has 1 amide bonds. The number of nitrogens with zero attached hydrogens (tertiary/aromatic N) is 3. The molecule has 0 aliphatic rings. The van der Waals surface area contributed by atoms with E-state index >= 15 is 0 Å². The van der Waals surface area contributed by atoms with Crippen LogP contribution in [0.25, 0.3) is 11.3 Å². The van der Waals surface area contributed by atoms with Gasteiger partial charge < -0.3 is 5.32 Å². The van der Waals surface area contributed by atoms with Crippen LogP contribution in [0.15, 0.2) is 44.0 Å². The predicted octanol–water partition coefficient (Wildman–Crippen LogP) is 4.15. The van der Waals surface area contributed by atoms with E-state index < -0.39 is 0 Å². The largest absolute Gasteiger partial charge is 0.301 e. The fraction of sp³-hybridized carbons (Fsp3) is 0.0769.